The maximum Gasteiger partial charge on any atom is 0.335 e. The van der Waals surface area contributed by atoms with Gasteiger partial charge in [0.2, 0.25) is 0 Å². The SMILES string of the molecule is O=C(O)c1cccc(CC2=CC(=NS(=O)(=O)c3cccs3)c3ccccc3C2=O)c1. The fraction of sp³-hybridized carbons (Fsp3) is 0.0455. The molecule has 0 saturated carbocycles. The maximum atomic E-state index is 13.0. The van der Waals surface area contributed by atoms with Gasteiger partial charge in [-0.25, -0.2) is 4.79 Å². The van der Waals surface area contributed by atoms with E-state index >= 15 is 0 Å². The van der Waals surface area contributed by atoms with Crippen molar-refractivity contribution in [1.82, 2.24) is 0 Å². The first-order valence-corrected chi connectivity index (χ1v) is 11.2. The van der Waals surface area contributed by atoms with Gasteiger partial charge in [0.15, 0.2) is 5.78 Å². The van der Waals surface area contributed by atoms with Gasteiger partial charge in [-0.1, -0.05) is 42.5 Å². The van der Waals surface area contributed by atoms with E-state index in [-0.39, 0.29) is 27.7 Å². The highest BCUT2D eigenvalue weighted by Crippen LogP contribution is 2.27. The Hall–Kier alpha value is -3.36. The topological polar surface area (TPSA) is 101 Å². The minimum Gasteiger partial charge on any atom is -0.478 e. The lowest BCUT2D eigenvalue weighted by Crippen LogP contribution is -2.19. The predicted molar refractivity (Wildman–Crippen MR) is 114 cm³/mol. The Morgan fingerprint density at radius 3 is 2.47 bits per heavy atom. The molecule has 30 heavy (non-hydrogen) atoms. The zero-order chi connectivity index (χ0) is 21.3. The molecule has 1 N–H and O–H groups in total. The molecule has 1 heterocycles. The van der Waals surface area contributed by atoms with Crippen molar-refractivity contribution < 1.29 is 23.1 Å². The Kier molecular flexibility index (Phi) is 5.19. The Morgan fingerprint density at radius 2 is 1.77 bits per heavy atom. The summed E-state index contributed by atoms with van der Waals surface area (Å²) in [6.07, 6.45) is 1.63. The van der Waals surface area contributed by atoms with Gasteiger partial charge < -0.3 is 5.11 Å². The Balaban J connectivity index is 1.80. The first-order valence-electron chi connectivity index (χ1n) is 8.90. The Morgan fingerprint density at radius 1 is 1.00 bits per heavy atom. The van der Waals surface area contributed by atoms with Gasteiger partial charge in [0.05, 0.1) is 11.3 Å². The second-order valence-corrected chi connectivity index (χ2v) is 9.39. The van der Waals surface area contributed by atoms with Crippen molar-refractivity contribution >= 4 is 38.8 Å². The van der Waals surface area contributed by atoms with Gasteiger partial charge in [0, 0.05) is 23.1 Å². The molecule has 0 fully saturated rings. The third kappa shape index (κ3) is 3.87. The highest BCUT2D eigenvalue weighted by atomic mass is 32.2. The number of carboxylic acids is 1. The van der Waals surface area contributed by atoms with Crippen molar-refractivity contribution in [2.75, 3.05) is 0 Å². The van der Waals surface area contributed by atoms with Gasteiger partial charge in [-0.05, 0) is 35.2 Å². The number of fused-ring (bicyclic) bond motifs is 1. The number of Topliss-reactive ketones (excluding diaryl/α,β-unsaturated/α-hetero) is 1. The van der Waals surface area contributed by atoms with E-state index in [1.54, 1.807) is 47.8 Å². The number of ketones is 1. The van der Waals surface area contributed by atoms with E-state index in [1.165, 1.54) is 24.3 Å². The van der Waals surface area contributed by atoms with Crippen LogP contribution in [-0.4, -0.2) is 31.0 Å². The molecule has 2 aromatic carbocycles. The Bertz CT molecular complexity index is 1320. The molecule has 0 saturated heterocycles. The molecule has 4 rings (SSSR count). The predicted octanol–water partition coefficient (Wildman–Crippen LogP) is 3.99. The monoisotopic (exact) mass is 437 g/mol. The molecule has 0 amide bonds. The van der Waals surface area contributed by atoms with Gasteiger partial charge in [-0.3, -0.25) is 4.79 Å². The van der Waals surface area contributed by atoms with Gasteiger partial charge in [-0.15, -0.1) is 11.3 Å². The number of hydrogen-bond acceptors (Lipinski definition) is 5. The largest absolute Gasteiger partial charge is 0.478 e. The average molecular weight is 437 g/mol. The molecule has 150 valence electrons. The van der Waals surface area contributed by atoms with Crippen LogP contribution in [0.25, 0.3) is 0 Å². The van der Waals surface area contributed by atoms with E-state index in [0.717, 1.165) is 11.3 Å². The van der Waals surface area contributed by atoms with Crippen LogP contribution < -0.4 is 0 Å². The van der Waals surface area contributed by atoms with Crippen LogP contribution in [0.5, 0.6) is 0 Å². The average Bonchev–Trinajstić information content (AvgIpc) is 3.27. The van der Waals surface area contributed by atoms with Gasteiger partial charge in [0.25, 0.3) is 10.0 Å². The number of hydrogen-bond donors (Lipinski definition) is 1. The molecular formula is C22H15NO5S2. The molecule has 6 nitrogen and oxygen atoms in total. The number of carboxylic acid groups (broad SMARTS) is 1. The quantitative estimate of drug-likeness (QED) is 0.650. The lowest BCUT2D eigenvalue weighted by molar-refractivity contribution is 0.0696. The van der Waals surface area contributed by atoms with Crippen molar-refractivity contribution in [3.63, 3.8) is 0 Å². The summed E-state index contributed by atoms with van der Waals surface area (Å²) in [5.74, 6) is -1.30. The van der Waals surface area contributed by atoms with Crippen molar-refractivity contribution in [2.24, 2.45) is 4.40 Å². The summed E-state index contributed by atoms with van der Waals surface area (Å²) < 4.78 is 29.5. The van der Waals surface area contributed by atoms with E-state index in [2.05, 4.69) is 4.40 Å². The molecule has 0 bridgehead atoms. The second kappa shape index (κ2) is 7.81. The van der Waals surface area contributed by atoms with Gasteiger partial charge in [-0.2, -0.15) is 12.8 Å². The van der Waals surface area contributed by atoms with Crippen molar-refractivity contribution in [3.8, 4) is 0 Å². The first-order chi connectivity index (χ1) is 14.3. The molecule has 0 unspecified atom stereocenters. The molecule has 0 aliphatic heterocycles. The van der Waals surface area contributed by atoms with Crippen molar-refractivity contribution in [3.05, 3.63) is 99.9 Å². The van der Waals surface area contributed by atoms with E-state index in [0.29, 0.717) is 22.3 Å². The van der Waals surface area contributed by atoms with Crippen LogP contribution >= 0.6 is 11.3 Å². The van der Waals surface area contributed by atoms with Gasteiger partial charge in [0.1, 0.15) is 4.21 Å². The van der Waals surface area contributed by atoms with Crippen LogP contribution in [0.15, 0.2) is 86.3 Å². The smallest absolute Gasteiger partial charge is 0.335 e. The van der Waals surface area contributed by atoms with E-state index in [4.69, 9.17) is 0 Å². The van der Waals surface area contributed by atoms with Crippen LogP contribution in [-0.2, 0) is 16.4 Å². The standard InChI is InChI=1S/C22H15NO5S2/c24-21-16(12-14-5-3-6-15(11-14)22(25)26)13-19(17-7-1-2-8-18(17)21)23-30(27,28)20-9-4-10-29-20/h1-11,13H,12H2,(H,25,26). The van der Waals surface area contributed by atoms with Crippen molar-refractivity contribution in [1.29, 1.82) is 0 Å². The highest BCUT2D eigenvalue weighted by Gasteiger charge is 2.26. The highest BCUT2D eigenvalue weighted by molar-refractivity contribution is 7.92. The molecule has 0 spiro atoms. The molecule has 0 radical (unpaired) electrons. The molecule has 8 heteroatoms. The summed E-state index contributed by atoms with van der Waals surface area (Å²) >= 11 is 1.07. The number of carbonyl (C=O) groups excluding carboxylic acids is 1. The van der Waals surface area contributed by atoms with Crippen LogP contribution in [0.1, 0.15) is 31.8 Å². The summed E-state index contributed by atoms with van der Waals surface area (Å²) in [6, 6.07) is 16.1. The van der Waals surface area contributed by atoms with Crippen LogP contribution in [0, 0.1) is 0 Å². The van der Waals surface area contributed by atoms with Crippen LogP contribution in [0.3, 0.4) is 0 Å². The van der Waals surface area contributed by atoms with E-state index < -0.39 is 16.0 Å². The number of benzene rings is 2. The number of nitrogens with zero attached hydrogens (tertiary/aromatic N) is 1. The molecule has 3 aromatic rings. The normalized spacial score (nSPS) is 15.0. The molecule has 0 atom stereocenters. The number of allylic oxidation sites excluding steroid dienone is 2. The number of rotatable bonds is 5. The Labute approximate surface area is 176 Å². The minimum absolute atomic E-state index is 0.117. The van der Waals surface area contributed by atoms with Crippen LogP contribution in [0.4, 0.5) is 0 Å². The number of sulfonamides is 1. The maximum absolute atomic E-state index is 13.0. The number of carbonyl (C=O) groups is 2. The summed E-state index contributed by atoms with van der Waals surface area (Å²) in [6.45, 7) is 0. The third-order valence-electron chi connectivity index (χ3n) is 4.59. The zero-order valence-electron chi connectivity index (χ0n) is 15.5. The van der Waals surface area contributed by atoms with Crippen molar-refractivity contribution in [2.45, 2.75) is 10.6 Å². The van der Waals surface area contributed by atoms with Crippen LogP contribution in [0.2, 0.25) is 0 Å². The van der Waals surface area contributed by atoms with Gasteiger partial charge >= 0.3 is 5.97 Å². The summed E-state index contributed by atoms with van der Waals surface area (Å²) in [7, 11) is -3.92. The van der Waals surface area contributed by atoms with E-state index in [9.17, 15) is 23.1 Å². The summed E-state index contributed by atoms with van der Waals surface area (Å²) in [5, 5.41) is 10.8. The second-order valence-electron chi connectivity index (χ2n) is 6.61. The fourth-order valence-electron chi connectivity index (χ4n) is 3.21. The molecule has 1 aliphatic carbocycles. The zero-order valence-corrected chi connectivity index (χ0v) is 17.1. The summed E-state index contributed by atoms with van der Waals surface area (Å²) in [4.78, 5) is 24.2. The third-order valence-corrected chi connectivity index (χ3v) is 7.25. The lowest BCUT2D eigenvalue weighted by atomic mass is 9.86. The molecular weight excluding hydrogens is 422 g/mol. The molecule has 1 aliphatic rings. The van der Waals surface area contributed by atoms with E-state index in [1.807, 2.05) is 0 Å². The molecule has 1 aromatic heterocycles. The first kappa shape index (κ1) is 19.9. The number of aromatic carboxylic acids is 1. The lowest BCUT2D eigenvalue weighted by Gasteiger charge is -2.17. The summed E-state index contributed by atoms with van der Waals surface area (Å²) in [5.41, 5.74) is 2.09. The minimum atomic E-state index is -3.92. The fourth-order valence-corrected chi connectivity index (χ4v) is 5.18. The number of thiophene rings is 1.